The molecule has 0 heterocycles. The molecule has 0 saturated carbocycles. The number of aliphatic hydroxyl groups excluding tert-OH is 1. The van der Waals surface area contributed by atoms with Crippen LogP contribution in [0.1, 0.15) is 311 Å². The second-order valence-electron chi connectivity index (χ2n) is 25.0. The first kappa shape index (κ1) is 87.0. The molecule has 0 fully saturated rings. The number of phosphoric ester groups is 2. The summed E-state index contributed by atoms with van der Waals surface area (Å²) in [5.74, 6) is -0.762. The van der Waals surface area contributed by atoms with E-state index in [-0.39, 0.29) is 25.7 Å². The van der Waals surface area contributed by atoms with Gasteiger partial charge in [0.15, 0.2) is 12.2 Å². The first-order valence-corrected chi connectivity index (χ1v) is 38.7. The fraction of sp³-hybridized carbons (Fsp3) is 0.831. The van der Waals surface area contributed by atoms with E-state index in [0.29, 0.717) is 31.6 Å². The SMILES string of the molecule is CCCCCC/C=C\C=C/CCCCCCCC(=O)O[C@H](COC(=O)CCCCCCCCCC(C)C)COP(=O)(O)OC[C@@H](O)COP(=O)(O)OC[C@@H](COC(=O)CCCCCCCCC(C)CC)OC(=O)CCCCCCC/C=C\C=C/CCCCCC. The summed E-state index contributed by atoms with van der Waals surface area (Å²) < 4.78 is 68.2. The molecule has 17 nitrogen and oxygen atoms in total. The van der Waals surface area contributed by atoms with Gasteiger partial charge in [0.25, 0.3) is 0 Å². The van der Waals surface area contributed by atoms with Crippen LogP contribution in [0.2, 0.25) is 0 Å². The Morgan fingerprint density at radius 2 is 0.656 bits per heavy atom. The molecule has 0 spiro atoms. The predicted molar refractivity (Wildman–Crippen MR) is 363 cm³/mol. The lowest BCUT2D eigenvalue weighted by atomic mass is 10.00. The predicted octanol–water partition coefficient (Wildman–Crippen LogP) is 19.5. The van der Waals surface area contributed by atoms with E-state index in [1.165, 1.54) is 89.9 Å². The summed E-state index contributed by atoms with van der Waals surface area (Å²) >= 11 is 0. The summed E-state index contributed by atoms with van der Waals surface area (Å²) in [6, 6.07) is 0. The van der Waals surface area contributed by atoms with Crippen molar-refractivity contribution in [1.29, 1.82) is 0 Å². The normalized spacial score (nSPS) is 14.8. The van der Waals surface area contributed by atoms with Crippen LogP contribution in [0.3, 0.4) is 0 Å². The van der Waals surface area contributed by atoms with E-state index < -0.39 is 97.5 Å². The molecule has 0 rings (SSSR count). The minimum absolute atomic E-state index is 0.0813. The van der Waals surface area contributed by atoms with Gasteiger partial charge < -0.3 is 33.8 Å². The first-order chi connectivity index (χ1) is 43.4. The highest BCUT2D eigenvalue weighted by atomic mass is 31.2. The molecular formula is C71H130O17P2. The molecule has 526 valence electrons. The zero-order valence-corrected chi connectivity index (χ0v) is 59.2. The van der Waals surface area contributed by atoms with Crippen molar-refractivity contribution in [1.82, 2.24) is 0 Å². The van der Waals surface area contributed by atoms with Crippen molar-refractivity contribution in [3.63, 3.8) is 0 Å². The van der Waals surface area contributed by atoms with Crippen molar-refractivity contribution < 1.29 is 80.2 Å². The topological polar surface area (TPSA) is 237 Å². The molecule has 3 unspecified atom stereocenters. The molecule has 0 amide bonds. The molecule has 0 aromatic carbocycles. The fourth-order valence-corrected chi connectivity index (χ4v) is 11.2. The maximum Gasteiger partial charge on any atom is 0.472 e. The molecule has 0 aromatic rings. The van der Waals surface area contributed by atoms with Crippen molar-refractivity contribution in [2.24, 2.45) is 11.8 Å². The van der Waals surface area contributed by atoms with E-state index >= 15 is 0 Å². The van der Waals surface area contributed by atoms with E-state index in [1.807, 2.05) is 0 Å². The second-order valence-corrected chi connectivity index (χ2v) is 27.9. The van der Waals surface area contributed by atoms with Gasteiger partial charge in [0.1, 0.15) is 19.3 Å². The van der Waals surface area contributed by atoms with E-state index in [1.54, 1.807) is 0 Å². The number of unbranched alkanes of at least 4 members (excludes halogenated alkanes) is 29. The Bertz CT molecular complexity index is 1940. The quantitative estimate of drug-likeness (QED) is 0.0169. The van der Waals surface area contributed by atoms with Crippen LogP contribution in [0.15, 0.2) is 48.6 Å². The number of hydrogen-bond donors (Lipinski definition) is 3. The van der Waals surface area contributed by atoms with Gasteiger partial charge in [-0.25, -0.2) is 9.13 Å². The molecule has 0 radical (unpaired) electrons. The van der Waals surface area contributed by atoms with E-state index in [2.05, 4.69) is 90.2 Å². The zero-order chi connectivity index (χ0) is 66.5. The zero-order valence-electron chi connectivity index (χ0n) is 57.4. The van der Waals surface area contributed by atoms with Gasteiger partial charge in [0.2, 0.25) is 0 Å². The number of ether oxygens (including phenoxy) is 4. The highest BCUT2D eigenvalue weighted by molar-refractivity contribution is 7.47. The minimum atomic E-state index is -4.96. The Balaban J connectivity index is 5.32. The molecule has 0 aliphatic heterocycles. The van der Waals surface area contributed by atoms with Crippen molar-refractivity contribution >= 4 is 39.5 Å². The summed E-state index contributed by atoms with van der Waals surface area (Å²) in [5, 5.41) is 10.6. The molecular weight excluding hydrogens is 1190 g/mol. The van der Waals surface area contributed by atoms with Gasteiger partial charge in [0, 0.05) is 25.7 Å². The lowest BCUT2D eigenvalue weighted by Crippen LogP contribution is -2.30. The van der Waals surface area contributed by atoms with Gasteiger partial charge >= 0.3 is 39.5 Å². The molecule has 3 N–H and O–H groups in total. The van der Waals surface area contributed by atoms with E-state index in [0.717, 1.165) is 134 Å². The first-order valence-electron chi connectivity index (χ1n) is 35.7. The molecule has 90 heavy (non-hydrogen) atoms. The number of phosphoric acid groups is 2. The maximum absolute atomic E-state index is 13.0. The van der Waals surface area contributed by atoms with Gasteiger partial charge in [-0.3, -0.25) is 37.3 Å². The van der Waals surface area contributed by atoms with Crippen LogP contribution in [0.4, 0.5) is 0 Å². The molecule has 0 aliphatic carbocycles. The van der Waals surface area contributed by atoms with Gasteiger partial charge in [-0.2, -0.15) is 0 Å². The van der Waals surface area contributed by atoms with E-state index in [4.69, 9.17) is 37.0 Å². The lowest BCUT2D eigenvalue weighted by molar-refractivity contribution is -0.161. The van der Waals surface area contributed by atoms with Crippen LogP contribution in [0.5, 0.6) is 0 Å². The second kappa shape index (κ2) is 62.2. The van der Waals surface area contributed by atoms with Crippen LogP contribution in [0.25, 0.3) is 0 Å². The number of allylic oxidation sites excluding steroid dienone is 8. The van der Waals surface area contributed by atoms with E-state index in [9.17, 15) is 43.2 Å². The van der Waals surface area contributed by atoms with Crippen molar-refractivity contribution in [3.05, 3.63) is 48.6 Å². The van der Waals surface area contributed by atoms with Crippen LogP contribution in [0, 0.1) is 11.8 Å². The number of rotatable bonds is 66. The maximum atomic E-state index is 13.0. The number of carbonyl (C=O) groups is 4. The van der Waals surface area contributed by atoms with Crippen molar-refractivity contribution in [2.75, 3.05) is 39.6 Å². The Kier molecular flexibility index (Phi) is 60.1. The smallest absolute Gasteiger partial charge is 0.462 e. The number of hydrogen-bond acceptors (Lipinski definition) is 15. The minimum Gasteiger partial charge on any atom is -0.462 e. The average molecular weight is 1320 g/mol. The van der Waals surface area contributed by atoms with Gasteiger partial charge in [-0.1, -0.05) is 257 Å². The van der Waals surface area contributed by atoms with Crippen molar-refractivity contribution in [3.8, 4) is 0 Å². The number of aliphatic hydroxyl groups is 1. The Hall–Kier alpha value is -2.98. The average Bonchev–Trinajstić information content (AvgIpc) is 3.15. The molecule has 0 saturated heterocycles. The summed E-state index contributed by atoms with van der Waals surface area (Å²) in [7, 11) is -9.93. The molecule has 19 heteroatoms. The monoisotopic (exact) mass is 1320 g/mol. The third-order valence-corrected chi connectivity index (χ3v) is 17.5. The molecule has 0 aromatic heterocycles. The highest BCUT2D eigenvalue weighted by Crippen LogP contribution is 2.45. The van der Waals surface area contributed by atoms with Gasteiger partial charge in [0.05, 0.1) is 26.4 Å². The number of esters is 4. The van der Waals surface area contributed by atoms with Gasteiger partial charge in [-0.05, 0) is 88.9 Å². The summed E-state index contributed by atoms with van der Waals surface area (Å²) in [4.78, 5) is 72.5. The summed E-state index contributed by atoms with van der Waals surface area (Å²) in [6.45, 7) is 9.31. The lowest BCUT2D eigenvalue weighted by Gasteiger charge is -2.21. The van der Waals surface area contributed by atoms with Crippen LogP contribution >= 0.6 is 15.6 Å². The van der Waals surface area contributed by atoms with Crippen molar-refractivity contribution in [2.45, 2.75) is 330 Å². The molecule has 0 bridgehead atoms. The summed E-state index contributed by atoms with van der Waals surface area (Å²) in [5.41, 5.74) is 0. The summed E-state index contributed by atoms with van der Waals surface area (Å²) in [6.07, 6.45) is 53.1. The van der Waals surface area contributed by atoms with Crippen LogP contribution < -0.4 is 0 Å². The Labute approximate surface area is 547 Å². The molecule has 0 aliphatic rings. The van der Waals surface area contributed by atoms with Crippen LogP contribution in [-0.4, -0.2) is 96.7 Å². The Morgan fingerprint density at radius 3 is 0.989 bits per heavy atom. The highest BCUT2D eigenvalue weighted by Gasteiger charge is 2.30. The molecule has 6 atom stereocenters. The third kappa shape index (κ3) is 62.5. The fourth-order valence-electron chi connectivity index (χ4n) is 9.66. The van der Waals surface area contributed by atoms with Gasteiger partial charge in [-0.15, -0.1) is 0 Å². The largest absolute Gasteiger partial charge is 0.472 e. The Morgan fingerprint density at radius 1 is 0.367 bits per heavy atom. The number of carbonyl (C=O) groups excluding carboxylic acids is 4. The third-order valence-electron chi connectivity index (χ3n) is 15.6. The standard InChI is InChI=1S/C71H130O17P2/c1-7-10-12-14-16-18-20-22-24-26-28-30-34-43-49-55-70(75)87-66(59-81-68(73)53-47-41-36-32-33-39-45-51-63(4)5)61-85-89(77,78)83-57-65(72)58-84-90(79,80)86-62-67(60-82-69(74)54-48-42-38-37-40-46-52-64(6)9-3)88-71(76)56-50-44-35-31-29-27-25-23-21-19-17-15-13-11-8-2/h18-25,63-67,72H,7-17,26-62H2,1-6H3,(H,77,78)(H,79,80)/b20-18-,21-19-,24-22-,25-23-/t64?,65-,66-,67-/m1/s1. The van der Waals surface area contributed by atoms with Crippen LogP contribution in [-0.2, 0) is 65.4 Å².